The molecule has 132 valence electrons. The molecule has 5 heteroatoms. The lowest BCUT2D eigenvalue weighted by Gasteiger charge is -2.17. The topological polar surface area (TPSA) is 50.3 Å². The summed E-state index contributed by atoms with van der Waals surface area (Å²) < 4.78 is 13.0. The Morgan fingerprint density at radius 2 is 1.92 bits per heavy atom. The molecule has 0 aliphatic carbocycles. The number of likely N-dealkylation sites (tertiary alicyclic amines) is 1. The lowest BCUT2D eigenvalue weighted by molar-refractivity contribution is -0.130. The Hall–Kier alpha value is -3.00. The summed E-state index contributed by atoms with van der Waals surface area (Å²) in [7, 11) is 0. The number of amides is 1. The largest absolute Gasteiger partial charge is 0.329 e. The average Bonchev–Trinajstić information content (AvgIpc) is 2.84. The minimum Gasteiger partial charge on any atom is -0.329 e. The van der Waals surface area contributed by atoms with Gasteiger partial charge in [0, 0.05) is 5.56 Å². The molecule has 0 spiro atoms. The maximum Gasteiger partial charge on any atom is 0.238 e. The second-order valence-electron chi connectivity index (χ2n) is 6.46. The molecule has 0 saturated carbocycles. The Labute approximate surface area is 152 Å². The number of aromatic nitrogens is 1. The quantitative estimate of drug-likeness (QED) is 0.632. The summed E-state index contributed by atoms with van der Waals surface area (Å²) in [6.45, 7) is 5.79. The summed E-state index contributed by atoms with van der Waals surface area (Å²) in [6.07, 6.45) is 1.11. The number of pyridine rings is 1. The van der Waals surface area contributed by atoms with Crippen LogP contribution in [0.5, 0.6) is 0 Å². The van der Waals surface area contributed by atoms with E-state index in [1.165, 1.54) is 17.0 Å². The minimum atomic E-state index is -0.793. The van der Waals surface area contributed by atoms with E-state index in [1.807, 2.05) is 26.0 Å². The highest BCUT2D eigenvalue weighted by molar-refractivity contribution is 6.13. The summed E-state index contributed by atoms with van der Waals surface area (Å²) in [5.74, 6) is 4.28. The molecule has 1 saturated heterocycles. The number of rotatable bonds is 3. The Morgan fingerprint density at radius 3 is 2.50 bits per heavy atom. The molecular weight excluding hydrogens is 331 g/mol. The molecule has 1 atom stereocenters. The van der Waals surface area contributed by atoms with Crippen LogP contribution in [0.4, 0.5) is 4.39 Å². The molecule has 0 radical (unpaired) electrons. The summed E-state index contributed by atoms with van der Waals surface area (Å²) in [5, 5.41) is 0. The monoisotopic (exact) mass is 350 g/mol. The number of carbonyl (C=O) groups excluding carboxylic acids is 2. The molecule has 0 N–H and O–H groups in total. The van der Waals surface area contributed by atoms with Crippen molar-refractivity contribution < 1.29 is 14.0 Å². The van der Waals surface area contributed by atoms with Crippen LogP contribution in [-0.2, 0) is 16.1 Å². The van der Waals surface area contributed by atoms with Gasteiger partial charge in [-0.15, -0.1) is 5.92 Å². The Morgan fingerprint density at radius 1 is 1.23 bits per heavy atom. The molecule has 26 heavy (non-hydrogen) atoms. The fourth-order valence-electron chi connectivity index (χ4n) is 3.44. The van der Waals surface area contributed by atoms with Gasteiger partial charge in [-0.3, -0.25) is 14.6 Å². The van der Waals surface area contributed by atoms with Gasteiger partial charge in [0.1, 0.15) is 11.7 Å². The molecule has 1 amide bonds. The Bertz CT molecular complexity index is 916. The highest BCUT2D eigenvalue weighted by atomic mass is 19.1. The third-order valence-corrected chi connectivity index (χ3v) is 4.52. The lowest BCUT2D eigenvalue weighted by Crippen LogP contribution is -2.27. The molecular formula is C21H19FN2O2. The van der Waals surface area contributed by atoms with Crippen LogP contribution in [0, 0.1) is 31.5 Å². The van der Waals surface area contributed by atoms with Crippen molar-refractivity contribution >= 4 is 11.7 Å². The maximum atomic E-state index is 13.0. The highest BCUT2D eigenvalue weighted by Gasteiger charge is 2.41. The molecule has 2 heterocycles. The van der Waals surface area contributed by atoms with E-state index in [2.05, 4.69) is 16.8 Å². The van der Waals surface area contributed by atoms with Crippen molar-refractivity contribution in [2.75, 3.05) is 6.54 Å². The van der Waals surface area contributed by atoms with Crippen molar-refractivity contribution in [3.8, 4) is 11.8 Å². The molecule has 1 unspecified atom stereocenters. The van der Waals surface area contributed by atoms with Gasteiger partial charge in [-0.05, 0) is 61.7 Å². The summed E-state index contributed by atoms with van der Waals surface area (Å²) in [4.78, 5) is 30.9. The van der Waals surface area contributed by atoms with Gasteiger partial charge in [0.05, 0.1) is 25.0 Å². The number of hydrogen-bond acceptors (Lipinski definition) is 3. The first-order chi connectivity index (χ1) is 12.4. The summed E-state index contributed by atoms with van der Waals surface area (Å²) in [6, 6.07) is 6.63. The van der Waals surface area contributed by atoms with E-state index in [9.17, 15) is 14.0 Å². The molecule has 1 fully saturated rings. The molecule has 4 nitrogen and oxygen atoms in total. The van der Waals surface area contributed by atoms with Crippen molar-refractivity contribution in [2.45, 2.75) is 33.2 Å². The molecule has 2 aromatic rings. The second-order valence-corrected chi connectivity index (χ2v) is 6.46. The molecule has 0 bridgehead atoms. The van der Waals surface area contributed by atoms with E-state index < -0.39 is 11.7 Å². The fourth-order valence-corrected chi connectivity index (χ4v) is 3.44. The van der Waals surface area contributed by atoms with Gasteiger partial charge in [0.15, 0.2) is 5.78 Å². The lowest BCUT2D eigenvalue weighted by atomic mass is 9.87. The minimum absolute atomic E-state index is 0.0396. The average molecular weight is 350 g/mol. The number of nitrogens with zero attached hydrogens (tertiary/aromatic N) is 2. The summed E-state index contributed by atoms with van der Waals surface area (Å²) in [5.41, 5.74) is 3.95. The van der Waals surface area contributed by atoms with Gasteiger partial charge in [0.2, 0.25) is 5.91 Å². The van der Waals surface area contributed by atoms with Crippen LogP contribution in [0.3, 0.4) is 0 Å². The first-order valence-electron chi connectivity index (χ1n) is 8.36. The van der Waals surface area contributed by atoms with Crippen LogP contribution < -0.4 is 0 Å². The third kappa shape index (κ3) is 3.36. The zero-order valence-corrected chi connectivity index (χ0v) is 15.0. The van der Waals surface area contributed by atoms with Crippen molar-refractivity contribution in [3.05, 3.63) is 64.2 Å². The maximum absolute atomic E-state index is 13.0. The molecule has 1 aliphatic heterocycles. The Balaban J connectivity index is 1.89. The van der Waals surface area contributed by atoms with Crippen molar-refractivity contribution in [2.24, 2.45) is 0 Å². The van der Waals surface area contributed by atoms with E-state index in [-0.39, 0.29) is 24.8 Å². The van der Waals surface area contributed by atoms with Gasteiger partial charge in [-0.25, -0.2) is 4.39 Å². The SMILES string of the molecule is CC#Cc1cc(C)c(C2C(=O)CN(Cc3ccc(F)cn3)C2=O)c(C)c1. The number of halogens is 1. The molecule has 1 aliphatic rings. The first-order valence-corrected chi connectivity index (χ1v) is 8.36. The van der Waals surface area contributed by atoms with Crippen LogP contribution >= 0.6 is 0 Å². The number of hydrogen-bond donors (Lipinski definition) is 0. The van der Waals surface area contributed by atoms with Crippen molar-refractivity contribution in [1.29, 1.82) is 0 Å². The van der Waals surface area contributed by atoms with Crippen LogP contribution in [-0.4, -0.2) is 28.1 Å². The zero-order chi connectivity index (χ0) is 18.8. The number of aryl methyl sites for hydroxylation is 2. The van der Waals surface area contributed by atoms with E-state index in [0.717, 1.165) is 28.5 Å². The number of Topliss-reactive ketones (excluding diaryl/α,β-unsaturated/α-hetero) is 1. The highest BCUT2D eigenvalue weighted by Crippen LogP contribution is 2.32. The smallest absolute Gasteiger partial charge is 0.238 e. The van der Waals surface area contributed by atoms with Gasteiger partial charge < -0.3 is 4.90 Å². The molecule has 3 rings (SSSR count). The number of carbonyl (C=O) groups is 2. The van der Waals surface area contributed by atoms with Gasteiger partial charge in [-0.1, -0.05) is 5.92 Å². The molecule has 1 aromatic heterocycles. The third-order valence-electron chi connectivity index (χ3n) is 4.52. The standard InChI is InChI=1S/C21H19FN2O2/c1-4-5-15-8-13(2)19(14(3)9-15)20-18(25)12-24(21(20)26)11-17-7-6-16(22)10-23-17/h6-10,20H,11-12H2,1-3H3. The normalized spacial score (nSPS) is 16.6. The van der Waals surface area contributed by atoms with Gasteiger partial charge >= 0.3 is 0 Å². The van der Waals surface area contributed by atoms with E-state index >= 15 is 0 Å². The van der Waals surface area contributed by atoms with E-state index in [1.54, 1.807) is 6.92 Å². The predicted molar refractivity (Wildman–Crippen MR) is 95.8 cm³/mol. The number of benzene rings is 1. The zero-order valence-electron chi connectivity index (χ0n) is 15.0. The van der Waals surface area contributed by atoms with Crippen molar-refractivity contribution in [1.82, 2.24) is 9.88 Å². The van der Waals surface area contributed by atoms with Crippen LogP contribution in [0.15, 0.2) is 30.5 Å². The van der Waals surface area contributed by atoms with Gasteiger partial charge in [-0.2, -0.15) is 0 Å². The second kappa shape index (κ2) is 7.09. The summed E-state index contributed by atoms with van der Waals surface area (Å²) >= 11 is 0. The fraction of sp³-hybridized carbons (Fsp3) is 0.286. The van der Waals surface area contributed by atoms with Crippen LogP contribution in [0.25, 0.3) is 0 Å². The Kier molecular flexibility index (Phi) is 4.85. The van der Waals surface area contributed by atoms with Crippen LogP contribution in [0.2, 0.25) is 0 Å². The molecule has 1 aromatic carbocycles. The van der Waals surface area contributed by atoms with Crippen LogP contribution in [0.1, 0.15) is 40.8 Å². The van der Waals surface area contributed by atoms with Crippen molar-refractivity contribution in [3.63, 3.8) is 0 Å². The predicted octanol–water partition coefficient (Wildman–Crippen LogP) is 2.90. The van der Waals surface area contributed by atoms with Gasteiger partial charge in [0.25, 0.3) is 0 Å². The number of ketones is 1. The van der Waals surface area contributed by atoms with E-state index in [0.29, 0.717) is 5.69 Å². The first kappa shape index (κ1) is 17.8. The van der Waals surface area contributed by atoms with E-state index in [4.69, 9.17) is 0 Å².